The Morgan fingerprint density at radius 3 is 2.71 bits per heavy atom. The Labute approximate surface area is 102 Å². The maximum atomic E-state index is 11.8. The van der Waals surface area contributed by atoms with Crippen molar-refractivity contribution in [2.75, 3.05) is 20.2 Å². The van der Waals surface area contributed by atoms with Gasteiger partial charge in [-0.3, -0.25) is 9.59 Å². The van der Waals surface area contributed by atoms with Gasteiger partial charge in [-0.1, -0.05) is 0 Å². The largest absolute Gasteiger partial charge is 0.369 e. The summed E-state index contributed by atoms with van der Waals surface area (Å²) in [7, 11) is 1.51. The second-order valence-electron chi connectivity index (χ2n) is 5.03. The molecule has 98 valence electrons. The zero-order valence-corrected chi connectivity index (χ0v) is 11.1. The average molecular weight is 242 g/mol. The smallest absolute Gasteiger partial charge is 0.251 e. The summed E-state index contributed by atoms with van der Waals surface area (Å²) in [6.45, 7) is 6.71. The van der Waals surface area contributed by atoms with Crippen molar-refractivity contribution < 1.29 is 14.3 Å². The van der Waals surface area contributed by atoms with Crippen molar-refractivity contribution in [3.63, 3.8) is 0 Å². The van der Waals surface area contributed by atoms with Gasteiger partial charge in [-0.05, 0) is 27.2 Å². The van der Waals surface area contributed by atoms with Gasteiger partial charge in [0.2, 0.25) is 5.91 Å². The van der Waals surface area contributed by atoms with E-state index in [4.69, 9.17) is 4.74 Å². The summed E-state index contributed by atoms with van der Waals surface area (Å²) in [5.74, 6) is 0.0243. The molecule has 1 atom stereocenters. The summed E-state index contributed by atoms with van der Waals surface area (Å²) in [6, 6.07) is -0.0565. The molecule has 0 bridgehead atoms. The van der Waals surface area contributed by atoms with Crippen LogP contribution in [0.3, 0.4) is 0 Å². The fourth-order valence-electron chi connectivity index (χ4n) is 1.76. The molecule has 0 aromatic carbocycles. The van der Waals surface area contributed by atoms with Crippen LogP contribution in [-0.4, -0.2) is 48.6 Å². The summed E-state index contributed by atoms with van der Waals surface area (Å²) >= 11 is 0. The Kier molecular flexibility index (Phi) is 4.51. The third-order valence-electron chi connectivity index (χ3n) is 3.10. The van der Waals surface area contributed by atoms with Gasteiger partial charge < -0.3 is 15.0 Å². The molecule has 1 aliphatic heterocycles. The highest BCUT2D eigenvalue weighted by Crippen LogP contribution is 2.11. The van der Waals surface area contributed by atoms with E-state index >= 15 is 0 Å². The number of carbonyl (C=O) groups is 2. The molecule has 5 nitrogen and oxygen atoms in total. The lowest BCUT2D eigenvalue weighted by Crippen LogP contribution is -2.50. The standard InChI is InChI=1S/C12H22N2O3/c1-9(8-14-7-5-6-10(14)15)13-11(16)12(2,3)17-4/h9H,5-8H2,1-4H3,(H,13,16). The molecule has 2 amide bonds. The maximum absolute atomic E-state index is 11.8. The van der Waals surface area contributed by atoms with E-state index in [2.05, 4.69) is 5.32 Å². The van der Waals surface area contributed by atoms with Crippen LogP contribution < -0.4 is 5.32 Å². The minimum Gasteiger partial charge on any atom is -0.369 e. The van der Waals surface area contributed by atoms with Crippen molar-refractivity contribution in [3.8, 4) is 0 Å². The van der Waals surface area contributed by atoms with Crippen molar-refractivity contribution in [1.29, 1.82) is 0 Å². The molecule has 5 heteroatoms. The molecule has 0 aromatic rings. The third-order valence-corrected chi connectivity index (χ3v) is 3.10. The molecular formula is C12H22N2O3. The Balaban J connectivity index is 2.41. The zero-order chi connectivity index (χ0) is 13.1. The fourth-order valence-corrected chi connectivity index (χ4v) is 1.76. The van der Waals surface area contributed by atoms with E-state index < -0.39 is 5.60 Å². The first-order valence-electron chi connectivity index (χ1n) is 6.00. The lowest BCUT2D eigenvalue weighted by Gasteiger charge is -2.26. The van der Waals surface area contributed by atoms with E-state index in [9.17, 15) is 9.59 Å². The molecule has 0 aliphatic carbocycles. The average Bonchev–Trinajstić information content (AvgIpc) is 2.64. The normalized spacial score (nSPS) is 18.4. The van der Waals surface area contributed by atoms with Crippen molar-refractivity contribution >= 4 is 11.8 Å². The van der Waals surface area contributed by atoms with Gasteiger partial charge in [0.15, 0.2) is 0 Å². The zero-order valence-electron chi connectivity index (χ0n) is 11.1. The molecule has 1 fully saturated rings. The van der Waals surface area contributed by atoms with Crippen molar-refractivity contribution in [2.24, 2.45) is 0 Å². The SMILES string of the molecule is COC(C)(C)C(=O)NC(C)CN1CCCC1=O. The van der Waals surface area contributed by atoms with Gasteiger partial charge in [-0.2, -0.15) is 0 Å². The Morgan fingerprint density at radius 2 is 2.24 bits per heavy atom. The summed E-state index contributed by atoms with van der Waals surface area (Å²) in [5, 5.41) is 2.86. The highest BCUT2D eigenvalue weighted by Gasteiger charge is 2.29. The monoisotopic (exact) mass is 242 g/mol. The number of likely N-dealkylation sites (tertiary alicyclic amines) is 1. The minimum absolute atomic E-state index is 0.0565. The molecule has 1 heterocycles. The van der Waals surface area contributed by atoms with Gasteiger partial charge in [-0.15, -0.1) is 0 Å². The van der Waals surface area contributed by atoms with Crippen LogP contribution in [-0.2, 0) is 14.3 Å². The van der Waals surface area contributed by atoms with Crippen molar-refractivity contribution in [2.45, 2.75) is 45.3 Å². The molecular weight excluding hydrogens is 220 g/mol. The van der Waals surface area contributed by atoms with E-state index in [1.807, 2.05) is 6.92 Å². The first kappa shape index (κ1) is 14.0. The van der Waals surface area contributed by atoms with Gasteiger partial charge in [0.05, 0.1) is 0 Å². The Hall–Kier alpha value is -1.10. The summed E-state index contributed by atoms with van der Waals surface area (Å²) < 4.78 is 5.10. The third kappa shape index (κ3) is 3.70. The number of nitrogens with zero attached hydrogens (tertiary/aromatic N) is 1. The number of nitrogens with one attached hydrogen (secondary N) is 1. The first-order chi connectivity index (χ1) is 7.86. The lowest BCUT2D eigenvalue weighted by molar-refractivity contribution is -0.140. The maximum Gasteiger partial charge on any atom is 0.251 e. The molecule has 1 unspecified atom stereocenters. The van der Waals surface area contributed by atoms with E-state index in [0.717, 1.165) is 13.0 Å². The number of hydrogen-bond acceptors (Lipinski definition) is 3. The van der Waals surface area contributed by atoms with Crippen LogP contribution in [0.5, 0.6) is 0 Å². The van der Waals surface area contributed by atoms with E-state index in [0.29, 0.717) is 13.0 Å². The molecule has 1 aliphatic rings. The number of hydrogen-bond donors (Lipinski definition) is 1. The predicted molar refractivity (Wildman–Crippen MR) is 64.5 cm³/mol. The summed E-state index contributed by atoms with van der Waals surface area (Å²) in [4.78, 5) is 25.1. The highest BCUT2D eigenvalue weighted by atomic mass is 16.5. The molecule has 1 rings (SSSR count). The van der Waals surface area contributed by atoms with Crippen LogP contribution in [0.25, 0.3) is 0 Å². The first-order valence-corrected chi connectivity index (χ1v) is 6.00. The minimum atomic E-state index is -0.830. The van der Waals surface area contributed by atoms with E-state index in [-0.39, 0.29) is 17.9 Å². The molecule has 0 saturated carbocycles. The van der Waals surface area contributed by atoms with Crippen LogP contribution >= 0.6 is 0 Å². The number of ether oxygens (including phenoxy) is 1. The summed E-state index contributed by atoms with van der Waals surface area (Å²) in [6.07, 6.45) is 1.55. The van der Waals surface area contributed by atoms with E-state index in [1.54, 1.807) is 18.7 Å². The van der Waals surface area contributed by atoms with Crippen LogP contribution in [0.4, 0.5) is 0 Å². The van der Waals surface area contributed by atoms with Crippen LogP contribution in [0, 0.1) is 0 Å². The van der Waals surface area contributed by atoms with Crippen LogP contribution in [0.15, 0.2) is 0 Å². The fraction of sp³-hybridized carbons (Fsp3) is 0.833. The van der Waals surface area contributed by atoms with Gasteiger partial charge >= 0.3 is 0 Å². The Morgan fingerprint density at radius 1 is 1.59 bits per heavy atom. The predicted octanol–water partition coefficient (Wildman–Crippen LogP) is 0.539. The van der Waals surface area contributed by atoms with Gasteiger partial charge in [-0.25, -0.2) is 0 Å². The summed E-state index contributed by atoms with van der Waals surface area (Å²) in [5.41, 5.74) is -0.830. The molecule has 1 N–H and O–H groups in total. The highest BCUT2D eigenvalue weighted by molar-refractivity contribution is 5.84. The molecule has 17 heavy (non-hydrogen) atoms. The lowest BCUT2D eigenvalue weighted by atomic mass is 10.1. The van der Waals surface area contributed by atoms with Crippen LogP contribution in [0.1, 0.15) is 33.6 Å². The topological polar surface area (TPSA) is 58.6 Å². The quantitative estimate of drug-likeness (QED) is 0.765. The number of carbonyl (C=O) groups excluding carboxylic acids is 2. The number of methoxy groups -OCH3 is 1. The van der Waals surface area contributed by atoms with Crippen molar-refractivity contribution in [3.05, 3.63) is 0 Å². The second-order valence-corrected chi connectivity index (χ2v) is 5.03. The van der Waals surface area contributed by atoms with Gasteiger partial charge in [0, 0.05) is 32.7 Å². The van der Waals surface area contributed by atoms with E-state index in [1.165, 1.54) is 7.11 Å². The number of amides is 2. The molecule has 0 radical (unpaired) electrons. The van der Waals surface area contributed by atoms with Crippen molar-refractivity contribution in [1.82, 2.24) is 10.2 Å². The van der Waals surface area contributed by atoms with Crippen LogP contribution in [0.2, 0.25) is 0 Å². The van der Waals surface area contributed by atoms with Gasteiger partial charge in [0.25, 0.3) is 5.91 Å². The van der Waals surface area contributed by atoms with Gasteiger partial charge in [0.1, 0.15) is 5.60 Å². The number of rotatable bonds is 5. The molecule has 1 saturated heterocycles. The molecule has 0 aromatic heterocycles. The second kappa shape index (κ2) is 5.49. The molecule has 0 spiro atoms. The Bertz CT molecular complexity index is 302.